The molecule has 6 heteroatoms. The Morgan fingerprint density at radius 1 is 1.33 bits per heavy atom. The van der Waals surface area contributed by atoms with Crippen molar-refractivity contribution in [3.05, 3.63) is 57.5 Å². The molecular formula is C18H21ClN2O3. The molecule has 0 radical (unpaired) electrons. The first kappa shape index (κ1) is 18.1. The molecule has 0 aliphatic heterocycles. The number of anilines is 1. The Labute approximate surface area is 146 Å². The van der Waals surface area contributed by atoms with Gasteiger partial charge in [-0.2, -0.15) is 0 Å². The number of rotatable bonds is 6. The van der Waals surface area contributed by atoms with Gasteiger partial charge >= 0.3 is 0 Å². The van der Waals surface area contributed by atoms with Crippen LogP contribution < -0.4 is 15.6 Å². The summed E-state index contributed by atoms with van der Waals surface area (Å²) in [6, 6.07) is 7.92. The Balaban J connectivity index is 2.22. The Bertz CT molecular complexity index is 786. The van der Waals surface area contributed by atoms with Crippen molar-refractivity contribution in [3.63, 3.8) is 0 Å². The van der Waals surface area contributed by atoms with E-state index in [9.17, 15) is 9.59 Å². The maximum absolute atomic E-state index is 12.5. The molecule has 0 spiro atoms. The van der Waals surface area contributed by atoms with Gasteiger partial charge in [-0.15, -0.1) is 0 Å². The zero-order valence-corrected chi connectivity index (χ0v) is 14.8. The molecule has 1 atom stereocenters. The summed E-state index contributed by atoms with van der Waals surface area (Å²) in [6.07, 6.45) is 2.38. The highest BCUT2D eigenvalue weighted by Crippen LogP contribution is 2.23. The van der Waals surface area contributed by atoms with Crippen molar-refractivity contribution in [2.45, 2.75) is 33.2 Å². The van der Waals surface area contributed by atoms with Crippen LogP contribution in [0, 0.1) is 6.92 Å². The molecule has 24 heavy (non-hydrogen) atoms. The molecule has 1 aromatic carbocycles. The van der Waals surface area contributed by atoms with E-state index >= 15 is 0 Å². The third-order valence-electron chi connectivity index (χ3n) is 3.72. The zero-order valence-electron chi connectivity index (χ0n) is 14.0. The van der Waals surface area contributed by atoms with Crippen molar-refractivity contribution in [2.24, 2.45) is 0 Å². The molecule has 2 rings (SSSR count). The number of ether oxygens (including phenoxy) is 1. The van der Waals surface area contributed by atoms with Gasteiger partial charge in [0.15, 0.2) is 5.75 Å². The Morgan fingerprint density at radius 3 is 2.79 bits per heavy atom. The molecule has 2 aromatic rings. The molecule has 1 unspecified atom stereocenters. The number of nitrogens with one attached hydrogen (secondary N) is 1. The number of amides is 1. The Kier molecular flexibility index (Phi) is 6.04. The van der Waals surface area contributed by atoms with Gasteiger partial charge in [-0.05, 0) is 50.1 Å². The molecule has 1 amide bonds. The molecule has 0 saturated heterocycles. The molecule has 1 N–H and O–H groups in total. The minimum Gasteiger partial charge on any atom is -0.488 e. The molecule has 0 saturated carbocycles. The summed E-state index contributed by atoms with van der Waals surface area (Å²) >= 11 is 6.07. The topological polar surface area (TPSA) is 60.3 Å². The van der Waals surface area contributed by atoms with E-state index in [1.165, 1.54) is 4.57 Å². The van der Waals surface area contributed by atoms with Crippen LogP contribution in [-0.4, -0.2) is 17.1 Å². The van der Waals surface area contributed by atoms with E-state index in [0.717, 1.165) is 12.0 Å². The minimum atomic E-state index is -0.680. The van der Waals surface area contributed by atoms with E-state index in [1.807, 2.05) is 13.8 Å². The van der Waals surface area contributed by atoms with Crippen LogP contribution in [0.15, 0.2) is 41.3 Å². The lowest BCUT2D eigenvalue weighted by molar-refractivity contribution is -0.118. The minimum absolute atomic E-state index is 0.248. The molecule has 0 fully saturated rings. The van der Waals surface area contributed by atoms with Gasteiger partial charge in [0.2, 0.25) is 5.91 Å². The smallest absolute Gasteiger partial charge is 0.293 e. The number of nitrogens with zero attached hydrogens (tertiary/aromatic N) is 1. The lowest BCUT2D eigenvalue weighted by Gasteiger charge is -2.17. The fraction of sp³-hybridized carbons (Fsp3) is 0.333. The van der Waals surface area contributed by atoms with E-state index in [4.69, 9.17) is 16.3 Å². The first-order chi connectivity index (χ1) is 11.5. The third-order valence-corrected chi connectivity index (χ3v) is 4.13. The van der Waals surface area contributed by atoms with Crippen LogP contribution in [0.3, 0.4) is 0 Å². The molecule has 5 nitrogen and oxygen atoms in total. The second-order valence-electron chi connectivity index (χ2n) is 5.51. The van der Waals surface area contributed by atoms with Crippen LogP contribution in [0.2, 0.25) is 5.02 Å². The molecule has 0 bridgehead atoms. The van der Waals surface area contributed by atoms with Crippen LogP contribution in [0.1, 0.15) is 31.9 Å². The number of hydrogen-bond donors (Lipinski definition) is 1. The predicted octanol–water partition coefficient (Wildman–Crippen LogP) is 3.80. The average Bonchev–Trinajstić information content (AvgIpc) is 2.57. The first-order valence-electron chi connectivity index (χ1n) is 7.85. The summed E-state index contributed by atoms with van der Waals surface area (Å²) in [5.41, 5.74) is 1.09. The number of benzene rings is 1. The summed E-state index contributed by atoms with van der Waals surface area (Å²) < 4.78 is 6.79. The maximum Gasteiger partial charge on any atom is 0.293 e. The van der Waals surface area contributed by atoms with Crippen molar-refractivity contribution < 1.29 is 9.53 Å². The number of aromatic nitrogens is 1. The monoisotopic (exact) mass is 348 g/mol. The zero-order chi connectivity index (χ0) is 17.7. The van der Waals surface area contributed by atoms with Crippen LogP contribution in [-0.2, 0) is 4.79 Å². The van der Waals surface area contributed by atoms with Gasteiger partial charge in [0.1, 0.15) is 6.04 Å². The van der Waals surface area contributed by atoms with E-state index < -0.39 is 6.04 Å². The van der Waals surface area contributed by atoms with Crippen LogP contribution >= 0.6 is 11.6 Å². The van der Waals surface area contributed by atoms with E-state index in [2.05, 4.69) is 5.32 Å². The quantitative estimate of drug-likeness (QED) is 0.863. The molecular weight excluding hydrogens is 328 g/mol. The molecule has 1 aromatic heterocycles. The fourth-order valence-electron chi connectivity index (χ4n) is 2.22. The van der Waals surface area contributed by atoms with Gasteiger partial charge in [-0.3, -0.25) is 9.59 Å². The number of carbonyl (C=O) groups excluding carboxylic acids is 1. The molecule has 0 aliphatic carbocycles. The lowest BCUT2D eigenvalue weighted by atomic mass is 10.2. The summed E-state index contributed by atoms with van der Waals surface area (Å²) in [5, 5.41) is 3.39. The van der Waals surface area contributed by atoms with Gasteiger partial charge in [0, 0.05) is 16.9 Å². The van der Waals surface area contributed by atoms with Gasteiger partial charge in [-0.1, -0.05) is 24.6 Å². The van der Waals surface area contributed by atoms with Crippen molar-refractivity contribution in [1.29, 1.82) is 0 Å². The van der Waals surface area contributed by atoms with Crippen molar-refractivity contribution in [3.8, 4) is 5.75 Å². The third kappa shape index (κ3) is 3.97. The highest BCUT2D eigenvalue weighted by molar-refractivity contribution is 6.31. The summed E-state index contributed by atoms with van der Waals surface area (Å²) in [4.78, 5) is 24.9. The number of pyridine rings is 1. The normalized spacial score (nSPS) is 11.8. The highest BCUT2D eigenvalue weighted by atomic mass is 35.5. The Hall–Kier alpha value is -2.27. The largest absolute Gasteiger partial charge is 0.488 e. The van der Waals surface area contributed by atoms with Gasteiger partial charge < -0.3 is 14.6 Å². The van der Waals surface area contributed by atoms with E-state index in [1.54, 1.807) is 43.5 Å². The number of hydrogen-bond acceptors (Lipinski definition) is 3. The van der Waals surface area contributed by atoms with Crippen molar-refractivity contribution in [2.75, 3.05) is 11.9 Å². The SMILES string of the molecule is CCCOc1cccn(C(C)C(=O)Nc2cccc(Cl)c2C)c1=O. The van der Waals surface area contributed by atoms with Gasteiger partial charge in [0.25, 0.3) is 5.56 Å². The second kappa shape index (κ2) is 8.02. The van der Waals surface area contributed by atoms with Crippen molar-refractivity contribution >= 4 is 23.2 Å². The van der Waals surface area contributed by atoms with Crippen LogP contribution in [0.25, 0.3) is 0 Å². The predicted molar refractivity (Wildman–Crippen MR) is 96.0 cm³/mol. The van der Waals surface area contributed by atoms with Gasteiger partial charge in [-0.25, -0.2) is 0 Å². The molecule has 128 valence electrons. The standard InChI is InChI=1S/C18H21ClN2O3/c1-4-11-24-16-9-6-10-21(18(16)23)13(3)17(22)20-15-8-5-7-14(19)12(15)2/h5-10,13H,4,11H2,1-3H3,(H,20,22). The average molecular weight is 349 g/mol. The summed E-state index contributed by atoms with van der Waals surface area (Å²) in [6.45, 7) is 5.92. The van der Waals surface area contributed by atoms with Crippen molar-refractivity contribution in [1.82, 2.24) is 4.57 Å². The van der Waals surface area contributed by atoms with E-state index in [0.29, 0.717) is 17.3 Å². The first-order valence-corrected chi connectivity index (χ1v) is 8.23. The summed E-state index contributed by atoms with van der Waals surface area (Å²) in [7, 11) is 0. The lowest BCUT2D eigenvalue weighted by Crippen LogP contribution is -2.32. The fourth-order valence-corrected chi connectivity index (χ4v) is 2.40. The number of halogens is 1. The van der Waals surface area contributed by atoms with E-state index in [-0.39, 0.29) is 17.2 Å². The molecule has 1 heterocycles. The Morgan fingerprint density at radius 2 is 2.08 bits per heavy atom. The van der Waals surface area contributed by atoms with Crippen LogP contribution in [0.5, 0.6) is 5.75 Å². The highest BCUT2D eigenvalue weighted by Gasteiger charge is 2.18. The van der Waals surface area contributed by atoms with Crippen LogP contribution in [0.4, 0.5) is 5.69 Å². The molecule has 0 aliphatic rings. The number of carbonyl (C=O) groups is 1. The van der Waals surface area contributed by atoms with Gasteiger partial charge in [0.05, 0.1) is 6.61 Å². The summed E-state index contributed by atoms with van der Waals surface area (Å²) in [5.74, 6) is -0.0481. The maximum atomic E-state index is 12.5. The second-order valence-corrected chi connectivity index (χ2v) is 5.92.